The zero-order valence-electron chi connectivity index (χ0n) is 24.5. The predicted octanol–water partition coefficient (Wildman–Crippen LogP) is 5.50. The molecule has 1 fully saturated rings. The maximum absolute atomic E-state index is 12.8. The highest BCUT2D eigenvalue weighted by molar-refractivity contribution is 8.15. The molecule has 1 amide bonds. The first-order valence-electron chi connectivity index (χ1n) is 13.9. The molecule has 2 atom stereocenters. The molecule has 9 nitrogen and oxygen atoms in total. The summed E-state index contributed by atoms with van der Waals surface area (Å²) in [6.07, 6.45) is 4.94. The van der Waals surface area contributed by atoms with Crippen LogP contribution in [0.15, 0.2) is 60.7 Å². The highest BCUT2D eigenvalue weighted by Gasteiger charge is 2.38. The van der Waals surface area contributed by atoms with Crippen molar-refractivity contribution in [1.29, 1.82) is 5.41 Å². The highest BCUT2D eigenvalue weighted by atomic mass is 32.2. The van der Waals surface area contributed by atoms with Gasteiger partial charge >= 0.3 is 5.97 Å². The third kappa shape index (κ3) is 6.80. The fourth-order valence-electron chi connectivity index (χ4n) is 5.10. The van der Waals surface area contributed by atoms with Gasteiger partial charge in [0.1, 0.15) is 18.0 Å². The molecule has 2 heterocycles. The van der Waals surface area contributed by atoms with E-state index < -0.39 is 11.6 Å². The van der Waals surface area contributed by atoms with Crippen LogP contribution in [0.2, 0.25) is 0 Å². The van der Waals surface area contributed by atoms with E-state index in [4.69, 9.17) is 29.1 Å². The molecule has 0 saturated carbocycles. The predicted molar refractivity (Wildman–Crippen MR) is 166 cm³/mol. The van der Waals surface area contributed by atoms with Crippen LogP contribution in [-0.2, 0) is 22.4 Å². The zero-order chi connectivity index (χ0) is 30.6. The maximum Gasteiger partial charge on any atom is 0.336 e. The Morgan fingerprint density at radius 1 is 1.09 bits per heavy atom. The summed E-state index contributed by atoms with van der Waals surface area (Å²) in [5.41, 5.74) is 2.85. The second-order valence-corrected chi connectivity index (χ2v) is 11.8. The van der Waals surface area contributed by atoms with E-state index in [0.29, 0.717) is 42.3 Å². The summed E-state index contributed by atoms with van der Waals surface area (Å²) in [4.78, 5) is 24.7. The number of carbonyl (C=O) groups excluding carboxylic acids is 2. The van der Waals surface area contributed by atoms with Crippen molar-refractivity contribution in [2.24, 2.45) is 0 Å². The lowest BCUT2D eigenvalue weighted by Crippen LogP contribution is -2.42. The Hall–Kier alpha value is -4.44. The number of amides is 1. The van der Waals surface area contributed by atoms with Crippen LogP contribution in [0.25, 0.3) is 6.08 Å². The summed E-state index contributed by atoms with van der Waals surface area (Å²) >= 11 is 1.24. The number of carbonyl (C=O) groups is 2. The summed E-state index contributed by atoms with van der Waals surface area (Å²) in [6.45, 7) is 4.15. The van der Waals surface area contributed by atoms with E-state index >= 15 is 0 Å². The van der Waals surface area contributed by atoms with Crippen molar-refractivity contribution in [1.82, 2.24) is 5.32 Å². The smallest absolute Gasteiger partial charge is 0.336 e. The van der Waals surface area contributed by atoms with Crippen molar-refractivity contribution in [2.75, 3.05) is 20.8 Å². The number of hydrogen-bond acceptors (Lipinski definition) is 9. The number of hydrogen-bond donors (Lipinski definition) is 2. The van der Waals surface area contributed by atoms with Crippen molar-refractivity contribution < 1.29 is 33.3 Å². The number of amidine groups is 1. The Labute approximate surface area is 255 Å². The van der Waals surface area contributed by atoms with E-state index in [1.807, 2.05) is 68.4 Å². The molecule has 0 radical (unpaired) electrons. The molecule has 2 aliphatic rings. The Balaban J connectivity index is 1.28. The molecule has 224 valence electrons. The number of esters is 1. The molecule has 3 aromatic carbocycles. The number of methoxy groups -OCH3 is 2. The van der Waals surface area contributed by atoms with Crippen molar-refractivity contribution in [3.63, 3.8) is 0 Å². The molecule has 0 aliphatic carbocycles. The fraction of sp³-hybridized carbons (Fsp3) is 0.303. The minimum absolute atomic E-state index is 0.134. The van der Waals surface area contributed by atoms with Gasteiger partial charge in [-0.1, -0.05) is 54.2 Å². The number of nitrogens with one attached hydrogen (secondary N) is 2. The Morgan fingerprint density at radius 3 is 2.47 bits per heavy atom. The number of fused-ring (bicyclic) bond motifs is 1. The minimum atomic E-state index is -0.661. The molecule has 0 bridgehead atoms. The van der Waals surface area contributed by atoms with Gasteiger partial charge in [-0.15, -0.1) is 0 Å². The van der Waals surface area contributed by atoms with Crippen LogP contribution >= 0.6 is 11.8 Å². The summed E-state index contributed by atoms with van der Waals surface area (Å²) in [5, 5.41) is 10.1. The van der Waals surface area contributed by atoms with Gasteiger partial charge in [0.25, 0.3) is 0 Å². The van der Waals surface area contributed by atoms with Gasteiger partial charge in [-0.2, -0.15) is 0 Å². The van der Waals surface area contributed by atoms with Crippen LogP contribution in [-0.4, -0.2) is 48.7 Å². The lowest BCUT2D eigenvalue weighted by atomic mass is 9.90. The molecule has 2 N–H and O–H groups in total. The molecule has 1 saturated heterocycles. The Kier molecular flexibility index (Phi) is 8.96. The first-order chi connectivity index (χ1) is 20.7. The maximum atomic E-state index is 12.8. The minimum Gasteiger partial charge on any atom is -0.490 e. The zero-order valence-corrected chi connectivity index (χ0v) is 25.3. The summed E-state index contributed by atoms with van der Waals surface area (Å²) < 4.78 is 29.8. The van der Waals surface area contributed by atoms with Crippen LogP contribution in [0.3, 0.4) is 0 Å². The molecule has 5 rings (SSSR count). The van der Waals surface area contributed by atoms with Gasteiger partial charge in [-0.05, 0) is 62.4 Å². The number of benzene rings is 3. The molecule has 0 aromatic heterocycles. The molecule has 3 aromatic rings. The average Bonchev–Trinajstić information content (AvgIpc) is 3.33. The lowest BCUT2D eigenvalue weighted by molar-refractivity contribution is -0.129. The molecule has 43 heavy (non-hydrogen) atoms. The summed E-state index contributed by atoms with van der Waals surface area (Å²) in [5.74, 6) is 1.50. The summed E-state index contributed by atoms with van der Waals surface area (Å²) in [7, 11) is 3.02. The van der Waals surface area contributed by atoms with Gasteiger partial charge in [0, 0.05) is 17.2 Å². The van der Waals surface area contributed by atoms with E-state index in [1.54, 1.807) is 6.08 Å². The van der Waals surface area contributed by atoms with Crippen molar-refractivity contribution in [3.8, 4) is 28.7 Å². The largest absolute Gasteiger partial charge is 0.490 e. The monoisotopic (exact) mass is 602 g/mol. The van der Waals surface area contributed by atoms with Gasteiger partial charge in [-0.25, -0.2) is 4.79 Å². The quantitative estimate of drug-likeness (QED) is 0.178. The number of thioether (sulfide) groups is 1. The second kappa shape index (κ2) is 12.8. The van der Waals surface area contributed by atoms with E-state index in [0.717, 1.165) is 22.3 Å². The van der Waals surface area contributed by atoms with Crippen molar-refractivity contribution >= 4 is 34.9 Å². The SMILES string of the molecule is COc1c(OC(=O)/C=C/c2ccccc2)c(C)c2c(c1OC)OC(C)(COc1ccc(CC3SC(=N)NC3=O)cc1)CC2. The van der Waals surface area contributed by atoms with Gasteiger partial charge < -0.3 is 29.0 Å². The van der Waals surface area contributed by atoms with Crippen LogP contribution in [0.5, 0.6) is 28.7 Å². The van der Waals surface area contributed by atoms with Gasteiger partial charge in [0.05, 0.1) is 19.5 Å². The second-order valence-electron chi connectivity index (χ2n) is 10.6. The first kappa shape index (κ1) is 30.0. The van der Waals surface area contributed by atoms with Crippen molar-refractivity contribution in [2.45, 2.75) is 44.0 Å². The normalized spacial score (nSPS) is 19.4. The van der Waals surface area contributed by atoms with E-state index in [9.17, 15) is 9.59 Å². The van der Waals surface area contributed by atoms with Crippen molar-refractivity contribution in [3.05, 3.63) is 82.9 Å². The third-order valence-electron chi connectivity index (χ3n) is 7.44. The van der Waals surface area contributed by atoms with Crippen LogP contribution in [0.4, 0.5) is 0 Å². The van der Waals surface area contributed by atoms with Crippen LogP contribution in [0.1, 0.15) is 35.6 Å². The molecule has 2 unspecified atom stereocenters. The molecule has 0 spiro atoms. The first-order valence-corrected chi connectivity index (χ1v) is 14.8. The average molecular weight is 603 g/mol. The summed E-state index contributed by atoms with van der Waals surface area (Å²) in [6, 6.07) is 17.1. The molecule has 2 aliphatic heterocycles. The van der Waals surface area contributed by atoms with Gasteiger partial charge in [0.2, 0.25) is 17.4 Å². The lowest BCUT2D eigenvalue weighted by Gasteiger charge is -2.37. The fourth-order valence-corrected chi connectivity index (χ4v) is 5.98. The van der Waals surface area contributed by atoms with Gasteiger partial charge in [-0.3, -0.25) is 10.2 Å². The van der Waals surface area contributed by atoms with E-state index in [1.165, 1.54) is 32.1 Å². The molecule has 10 heteroatoms. The highest BCUT2D eigenvalue weighted by Crippen LogP contribution is 2.53. The Morgan fingerprint density at radius 2 is 1.81 bits per heavy atom. The topological polar surface area (TPSA) is 116 Å². The molecular formula is C33H34N2O7S. The van der Waals surface area contributed by atoms with Crippen LogP contribution in [0, 0.1) is 12.3 Å². The van der Waals surface area contributed by atoms with Crippen LogP contribution < -0.4 is 29.0 Å². The number of rotatable bonds is 10. The van der Waals surface area contributed by atoms with Gasteiger partial charge in [0.15, 0.2) is 16.7 Å². The third-order valence-corrected chi connectivity index (χ3v) is 8.44. The number of ether oxygens (including phenoxy) is 5. The standard InChI is InChI=1S/C33H34N2O7S/c1-20-24-16-17-33(2,19-40-23-13-10-22(11-14-23)18-25-31(37)35-32(34)43-25)42-28(24)30(39-4)29(38-3)27(20)41-26(36)15-12-21-8-6-5-7-9-21/h5-15,25H,16-19H2,1-4H3,(H2,34,35,37)/b15-12+. The van der Waals surface area contributed by atoms with E-state index in [-0.39, 0.29) is 28.7 Å². The Bertz CT molecular complexity index is 1560. The van der Waals surface area contributed by atoms with E-state index in [2.05, 4.69) is 5.32 Å². The molecular weight excluding hydrogens is 568 g/mol.